The van der Waals surface area contributed by atoms with Crippen LogP contribution in [0, 0.1) is 0 Å². The van der Waals surface area contributed by atoms with Gasteiger partial charge in [-0.05, 0) is 66.4 Å². The quantitative estimate of drug-likeness (QED) is 0.189. The predicted molar refractivity (Wildman–Crippen MR) is 152 cm³/mol. The number of aromatic nitrogens is 2. The molecule has 0 saturated heterocycles. The molecule has 5 rings (SSSR count). The average Bonchev–Trinajstić information content (AvgIpc) is 2.95. The van der Waals surface area contributed by atoms with Crippen LogP contribution in [-0.4, -0.2) is 35.6 Å². The van der Waals surface area contributed by atoms with Gasteiger partial charge in [0.1, 0.15) is 10.8 Å². The van der Waals surface area contributed by atoms with Gasteiger partial charge >= 0.3 is 12.2 Å². The molecule has 0 unspecified atom stereocenters. The van der Waals surface area contributed by atoms with Crippen LogP contribution >= 0.6 is 11.6 Å². The molecule has 0 fully saturated rings. The number of fused-ring (bicyclic) bond motifs is 6. The highest BCUT2D eigenvalue weighted by Gasteiger charge is 2.25. The third kappa shape index (κ3) is 8.32. The molecule has 0 spiro atoms. The molecule has 6 bridgehead atoms. The maximum Gasteiger partial charge on any atom is 0.446 e. The number of para-hydroxylation sites is 2. The summed E-state index contributed by atoms with van der Waals surface area (Å²) in [4.78, 5) is 30.3. The summed E-state index contributed by atoms with van der Waals surface area (Å²) in [6.45, 7) is 0. The molecule has 0 aliphatic carbocycles. The minimum atomic E-state index is -4.64. The second kappa shape index (κ2) is 13.0. The lowest BCUT2D eigenvalue weighted by molar-refractivity contribution is -0.156. The zero-order valence-electron chi connectivity index (χ0n) is 21.6. The molecule has 212 valence electrons. The number of urea groups is 1. The molecule has 0 saturated carbocycles. The van der Waals surface area contributed by atoms with Crippen LogP contribution in [0.3, 0.4) is 0 Å². The third-order valence-corrected chi connectivity index (χ3v) is 5.99. The topological polar surface area (TPSA) is 117 Å². The number of aryl methyl sites for hydroxylation is 2. The van der Waals surface area contributed by atoms with E-state index in [0.717, 1.165) is 28.9 Å². The van der Waals surface area contributed by atoms with Gasteiger partial charge in [-0.3, -0.25) is 4.79 Å². The number of aldehydes is 1. The number of methoxy groups -OCH3 is 1. The summed E-state index contributed by atoms with van der Waals surface area (Å²) < 4.78 is 36.6. The van der Waals surface area contributed by atoms with E-state index in [0.29, 0.717) is 40.3 Å². The number of carbonyl (C=O) groups is 2. The van der Waals surface area contributed by atoms with E-state index in [9.17, 15) is 18.0 Å². The zero-order valence-corrected chi connectivity index (χ0v) is 22.3. The molecule has 0 radical (unpaired) electrons. The third-order valence-electron chi connectivity index (χ3n) is 5.72. The molecular formula is C28H24ClF3N6O3. The molecule has 1 aliphatic heterocycles. The standard InChI is InChI=1S/C26H23ClN6O2.C2HF3O/c1-35-23-8-3-2-7-22(23)32-26(34)31-21-12-11-19-14-17(21)10-9-16-5-4-6-18(13-16)30-25-28-15-20(27)24(29-19)33-25;3-2(4,5)1-6/h2-8,11-15H,9-10H2,1H3,(H2,31,32,34)(H2,28,29,30,33);1H. The Hall–Kier alpha value is -4.84. The number of hydrogen-bond acceptors (Lipinski definition) is 7. The second-order valence-electron chi connectivity index (χ2n) is 8.65. The van der Waals surface area contributed by atoms with Crippen molar-refractivity contribution in [2.75, 3.05) is 28.4 Å². The first-order valence-corrected chi connectivity index (χ1v) is 12.5. The van der Waals surface area contributed by atoms with Crippen molar-refractivity contribution in [2.45, 2.75) is 19.0 Å². The molecule has 3 aromatic carbocycles. The van der Waals surface area contributed by atoms with E-state index in [2.05, 4.69) is 43.4 Å². The monoisotopic (exact) mass is 584 g/mol. The highest BCUT2D eigenvalue weighted by molar-refractivity contribution is 6.32. The van der Waals surface area contributed by atoms with Crippen LogP contribution < -0.4 is 26.0 Å². The molecule has 2 amide bonds. The Labute approximate surface area is 238 Å². The smallest absolute Gasteiger partial charge is 0.446 e. The maximum atomic E-state index is 12.8. The fraction of sp³-hybridized carbons (Fsp3) is 0.143. The Kier molecular flexibility index (Phi) is 9.25. The van der Waals surface area contributed by atoms with E-state index < -0.39 is 12.5 Å². The number of benzene rings is 3. The fourth-order valence-electron chi connectivity index (χ4n) is 3.89. The normalized spacial score (nSPS) is 11.9. The summed E-state index contributed by atoms with van der Waals surface area (Å²) in [5.41, 5.74) is 5.09. The number of rotatable bonds is 3. The van der Waals surface area contributed by atoms with Gasteiger partial charge in [-0.15, -0.1) is 0 Å². The van der Waals surface area contributed by atoms with Crippen molar-refractivity contribution in [1.29, 1.82) is 0 Å². The summed E-state index contributed by atoms with van der Waals surface area (Å²) in [5, 5.41) is 12.7. The van der Waals surface area contributed by atoms with Gasteiger partial charge in [-0.1, -0.05) is 35.9 Å². The summed E-state index contributed by atoms with van der Waals surface area (Å²) in [6.07, 6.45) is -2.66. The van der Waals surface area contributed by atoms with E-state index in [1.807, 2.05) is 42.5 Å². The first kappa shape index (κ1) is 29.2. The number of amides is 2. The Morgan fingerprint density at radius 2 is 1.71 bits per heavy atom. The highest BCUT2D eigenvalue weighted by atomic mass is 35.5. The minimum absolute atomic E-state index is 0.357. The van der Waals surface area contributed by atoms with Crippen molar-refractivity contribution in [1.82, 2.24) is 9.97 Å². The summed E-state index contributed by atoms with van der Waals surface area (Å²) in [5.74, 6) is 1.52. The number of hydrogen-bond donors (Lipinski definition) is 4. The van der Waals surface area contributed by atoms with Crippen LogP contribution in [0.2, 0.25) is 5.02 Å². The molecule has 9 nitrogen and oxygen atoms in total. The summed E-state index contributed by atoms with van der Waals surface area (Å²) in [7, 11) is 1.57. The van der Waals surface area contributed by atoms with Gasteiger partial charge in [0.05, 0.1) is 19.0 Å². The molecule has 1 aromatic heterocycles. The number of halogens is 4. The number of carbonyl (C=O) groups excluding carboxylic acids is 2. The van der Waals surface area contributed by atoms with Crippen molar-refractivity contribution in [3.05, 3.63) is 89.1 Å². The van der Waals surface area contributed by atoms with E-state index in [1.54, 1.807) is 25.4 Å². The first-order chi connectivity index (χ1) is 19.6. The van der Waals surface area contributed by atoms with E-state index in [-0.39, 0.29) is 6.03 Å². The molecular weight excluding hydrogens is 561 g/mol. The number of anilines is 6. The van der Waals surface area contributed by atoms with Crippen LogP contribution in [-0.2, 0) is 17.6 Å². The van der Waals surface area contributed by atoms with Crippen LogP contribution in [0.1, 0.15) is 11.1 Å². The predicted octanol–water partition coefficient (Wildman–Crippen LogP) is 7.12. The SMILES string of the molecule is COc1ccccc1NC(=O)Nc1ccc2cc1CCc1cccc(c1)Nc1ncc(Cl)c(n1)N2.O=CC(F)(F)F. The minimum Gasteiger partial charge on any atom is -0.495 e. The molecule has 0 atom stereocenters. The lowest BCUT2D eigenvalue weighted by atomic mass is 10.0. The summed E-state index contributed by atoms with van der Waals surface area (Å²) >= 11 is 6.34. The lowest BCUT2D eigenvalue weighted by Crippen LogP contribution is -2.20. The van der Waals surface area contributed by atoms with E-state index in [4.69, 9.17) is 21.1 Å². The Balaban J connectivity index is 0.000000585. The van der Waals surface area contributed by atoms with Gasteiger partial charge in [-0.2, -0.15) is 18.2 Å². The Morgan fingerprint density at radius 3 is 2.46 bits per heavy atom. The van der Waals surface area contributed by atoms with Gasteiger partial charge < -0.3 is 26.0 Å². The van der Waals surface area contributed by atoms with Gasteiger partial charge in [-0.25, -0.2) is 9.78 Å². The molecule has 4 N–H and O–H groups in total. The lowest BCUT2D eigenvalue weighted by Gasteiger charge is -2.16. The van der Waals surface area contributed by atoms with Crippen molar-refractivity contribution < 1.29 is 27.5 Å². The van der Waals surface area contributed by atoms with Gasteiger partial charge in [0.2, 0.25) is 12.2 Å². The van der Waals surface area contributed by atoms with Gasteiger partial charge in [0, 0.05) is 17.1 Å². The molecule has 2 heterocycles. The number of nitrogens with one attached hydrogen (secondary N) is 4. The average molecular weight is 585 g/mol. The molecule has 13 heteroatoms. The van der Waals surface area contributed by atoms with Crippen molar-refractivity contribution in [2.24, 2.45) is 0 Å². The van der Waals surface area contributed by atoms with Crippen LogP contribution in [0.15, 0.2) is 72.9 Å². The molecule has 4 aromatic rings. The van der Waals surface area contributed by atoms with Gasteiger partial charge in [0.15, 0.2) is 5.82 Å². The van der Waals surface area contributed by atoms with E-state index >= 15 is 0 Å². The highest BCUT2D eigenvalue weighted by Crippen LogP contribution is 2.30. The molecule has 1 aliphatic rings. The van der Waals surface area contributed by atoms with Crippen molar-refractivity contribution in [3.8, 4) is 5.75 Å². The second-order valence-corrected chi connectivity index (χ2v) is 9.06. The van der Waals surface area contributed by atoms with Crippen LogP contribution in [0.25, 0.3) is 0 Å². The van der Waals surface area contributed by atoms with E-state index in [1.165, 1.54) is 0 Å². The number of nitrogens with zero attached hydrogens (tertiary/aromatic N) is 2. The zero-order chi connectivity index (χ0) is 29.4. The fourth-order valence-corrected chi connectivity index (χ4v) is 4.03. The Bertz CT molecular complexity index is 1550. The maximum absolute atomic E-state index is 12.8. The summed E-state index contributed by atoms with van der Waals surface area (Å²) in [6, 6.07) is 20.7. The van der Waals surface area contributed by atoms with Crippen LogP contribution in [0.4, 0.5) is 52.5 Å². The van der Waals surface area contributed by atoms with Crippen molar-refractivity contribution in [3.63, 3.8) is 0 Å². The van der Waals surface area contributed by atoms with Crippen molar-refractivity contribution >= 4 is 58.4 Å². The largest absolute Gasteiger partial charge is 0.495 e. The number of alkyl halides is 3. The molecule has 41 heavy (non-hydrogen) atoms. The number of ether oxygens (including phenoxy) is 1. The Morgan fingerprint density at radius 1 is 0.976 bits per heavy atom. The van der Waals surface area contributed by atoms with Gasteiger partial charge in [0.25, 0.3) is 0 Å². The van der Waals surface area contributed by atoms with Crippen LogP contribution in [0.5, 0.6) is 5.75 Å². The first-order valence-electron chi connectivity index (χ1n) is 12.2.